The molecule has 74 valence electrons. The molecule has 0 N–H and O–H groups in total. The van der Waals surface area contributed by atoms with Crippen molar-refractivity contribution in [1.82, 2.24) is 0 Å². The summed E-state index contributed by atoms with van der Waals surface area (Å²) in [7, 11) is 0. The van der Waals surface area contributed by atoms with Crippen molar-refractivity contribution >= 4 is 0 Å². The topological polar surface area (TPSA) is 23.8 Å². The van der Waals surface area contributed by atoms with Gasteiger partial charge in [0.2, 0.25) is 0 Å². The van der Waals surface area contributed by atoms with Gasteiger partial charge in [-0.25, -0.2) is 0 Å². The van der Waals surface area contributed by atoms with Crippen LogP contribution in [0.15, 0.2) is 0 Å². The smallest absolute Gasteiger partial charge is 0.0652 e. The number of rotatable bonds is 5. The Morgan fingerprint density at radius 1 is 1.38 bits per heavy atom. The van der Waals surface area contributed by atoms with Crippen molar-refractivity contribution in [3.8, 4) is 6.07 Å². The van der Waals surface area contributed by atoms with Crippen LogP contribution in [0.2, 0.25) is 0 Å². The summed E-state index contributed by atoms with van der Waals surface area (Å²) >= 11 is 0. The highest BCUT2D eigenvalue weighted by Gasteiger charge is 2.45. The van der Waals surface area contributed by atoms with E-state index < -0.39 is 0 Å². The zero-order valence-electron chi connectivity index (χ0n) is 9.14. The lowest BCUT2D eigenvalue weighted by Gasteiger charge is -2.23. The van der Waals surface area contributed by atoms with Gasteiger partial charge < -0.3 is 0 Å². The number of hydrogen-bond donors (Lipinski definition) is 0. The summed E-state index contributed by atoms with van der Waals surface area (Å²) in [4.78, 5) is 0. The van der Waals surface area contributed by atoms with E-state index in [0.717, 1.165) is 12.3 Å². The van der Waals surface area contributed by atoms with Crippen LogP contribution in [0.5, 0.6) is 0 Å². The molecule has 1 fully saturated rings. The van der Waals surface area contributed by atoms with Crippen LogP contribution in [0.25, 0.3) is 0 Å². The molecule has 0 radical (unpaired) electrons. The van der Waals surface area contributed by atoms with Crippen molar-refractivity contribution in [1.29, 1.82) is 5.26 Å². The summed E-state index contributed by atoms with van der Waals surface area (Å²) < 4.78 is 0. The Hall–Kier alpha value is -0.510. The summed E-state index contributed by atoms with van der Waals surface area (Å²) in [5, 5.41) is 8.75. The van der Waals surface area contributed by atoms with E-state index in [1.54, 1.807) is 0 Å². The third-order valence-corrected chi connectivity index (χ3v) is 3.61. The Kier molecular flexibility index (Phi) is 3.36. The Labute approximate surface area is 82.1 Å². The molecule has 2 atom stereocenters. The molecule has 0 saturated heterocycles. The van der Waals surface area contributed by atoms with Crippen LogP contribution in [0, 0.1) is 28.6 Å². The summed E-state index contributed by atoms with van der Waals surface area (Å²) in [5.41, 5.74) is 0.639. The third-order valence-electron chi connectivity index (χ3n) is 3.61. The van der Waals surface area contributed by atoms with E-state index >= 15 is 0 Å². The minimum atomic E-state index is 0.240. The van der Waals surface area contributed by atoms with Crippen molar-refractivity contribution in [2.24, 2.45) is 17.3 Å². The van der Waals surface area contributed by atoms with E-state index in [0.29, 0.717) is 5.41 Å². The van der Waals surface area contributed by atoms with E-state index in [4.69, 9.17) is 5.26 Å². The van der Waals surface area contributed by atoms with Crippen LogP contribution >= 0.6 is 0 Å². The molecule has 1 aliphatic carbocycles. The molecule has 0 amide bonds. The van der Waals surface area contributed by atoms with Gasteiger partial charge in [0.25, 0.3) is 0 Å². The summed E-state index contributed by atoms with van der Waals surface area (Å²) in [5.74, 6) is 0.992. The van der Waals surface area contributed by atoms with E-state index in [9.17, 15) is 0 Å². The zero-order valence-corrected chi connectivity index (χ0v) is 9.14. The van der Waals surface area contributed by atoms with Crippen LogP contribution in [-0.4, -0.2) is 0 Å². The molecule has 1 saturated carbocycles. The van der Waals surface area contributed by atoms with Gasteiger partial charge in [0.1, 0.15) is 0 Å². The fourth-order valence-corrected chi connectivity index (χ4v) is 2.48. The lowest BCUT2D eigenvalue weighted by molar-refractivity contribution is 0.272. The zero-order chi connectivity index (χ0) is 9.90. The molecular formula is C12H21N. The normalized spacial score (nSPS) is 23.2. The first kappa shape index (κ1) is 10.6. The predicted molar refractivity (Wildman–Crippen MR) is 55.1 cm³/mol. The molecule has 0 aliphatic heterocycles. The highest BCUT2D eigenvalue weighted by atomic mass is 14.5. The molecule has 13 heavy (non-hydrogen) atoms. The van der Waals surface area contributed by atoms with Crippen LogP contribution in [0.1, 0.15) is 52.9 Å². The van der Waals surface area contributed by atoms with Crippen molar-refractivity contribution in [3.63, 3.8) is 0 Å². The maximum Gasteiger partial charge on any atom is 0.0652 e. The first-order valence-electron chi connectivity index (χ1n) is 5.54. The average molecular weight is 179 g/mol. The van der Waals surface area contributed by atoms with Gasteiger partial charge in [0.15, 0.2) is 0 Å². The van der Waals surface area contributed by atoms with Gasteiger partial charge in [-0.3, -0.25) is 0 Å². The molecule has 1 heteroatoms. The van der Waals surface area contributed by atoms with Crippen LogP contribution in [0.4, 0.5) is 0 Å². The van der Waals surface area contributed by atoms with Gasteiger partial charge in [-0.1, -0.05) is 20.3 Å². The third kappa shape index (κ3) is 2.46. The maximum absolute atomic E-state index is 8.75. The van der Waals surface area contributed by atoms with Crippen molar-refractivity contribution in [2.45, 2.75) is 52.9 Å². The first-order valence-corrected chi connectivity index (χ1v) is 5.54. The molecular weight excluding hydrogens is 158 g/mol. The molecule has 0 aromatic carbocycles. The van der Waals surface area contributed by atoms with Gasteiger partial charge in [-0.15, -0.1) is 0 Å². The van der Waals surface area contributed by atoms with E-state index in [-0.39, 0.29) is 5.92 Å². The highest BCUT2D eigenvalue weighted by molar-refractivity contribution is 4.98. The largest absolute Gasteiger partial charge is 0.198 e. The lowest BCUT2D eigenvalue weighted by Crippen LogP contribution is -2.15. The van der Waals surface area contributed by atoms with Crippen LogP contribution in [-0.2, 0) is 0 Å². The summed E-state index contributed by atoms with van der Waals surface area (Å²) in [6, 6.07) is 2.34. The standard InChI is InChI=1S/C12H21N/c1-4-5-12(6-7-12)11(3)8-10(2)9-13/h10-11H,4-8H2,1-3H3. The second kappa shape index (κ2) is 4.13. The van der Waals surface area contributed by atoms with Gasteiger partial charge in [0.05, 0.1) is 6.07 Å². The predicted octanol–water partition coefficient (Wildman–Crippen LogP) is 3.75. The quantitative estimate of drug-likeness (QED) is 0.630. The summed E-state index contributed by atoms with van der Waals surface area (Å²) in [6.45, 7) is 6.63. The maximum atomic E-state index is 8.75. The molecule has 0 aromatic heterocycles. The average Bonchev–Trinajstić information content (AvgIpc) is 2.86. The fourth-order valence-electron chi connectivity index (χ4n) is 2.48. The second-order valence-electron chi connectivity index (χ2n) is 4.78. The van der Waals surface area contributed by atoms with Gasteiger partial charge in [-0.05, 0) is 43.9 Å². The monoisotopic (exact) mass is 179 g/mol. The Bertz CT molecular complexity index is 198. The molecule has 0 heterocycles. The molecule has 0 spiro atoms. The van der Waals surface area contributed by atoms with Crippen molar-refractivity contribution in [3.05, 3.63) is 0 Å². The second-order valence-corrected chi connectivity index (χ2v) is 4.78. The minimum Gasteiger partial charge on any atom is -0.198 e. The molecule has 1 nitrogen and oxygen atoms in total. The van der Waals surface area contributed by atoms with Crippen LogP contribution in [0.3, 0.4) is 0 Å². The number of nitriles is 1. The molecule has 0 bridgehead atoms. The molecule has 1 aliphatic rings. The van der Waals surface area contributed by atoms with E-state index in [2.05, 4.69) is 19.9 Å². The molecule has 0 aromatic rings. The van der Waals surface area contributed by atoms with Gasteiger partial charge in [0, 0.05) is 5.92 Å². The summed E-state index contributed by atoms with van der Waals surface area (Å²) in [6.07, 6.45) is 6.56. The number of hydrogen-bond acceptors (Lipinski definition) is 1. The SMILES string of the molecule is CCCC1(C(C)CC(C)C#N)CC1. The van der Waals surface area contributed by atoms with Gasteiger partial charge in [-0.2, -0.15) is 5.26 Å². The molecule has 1 rings (SSSR count). The van der Waals surface area contributed by atoms with E-state index in [1.165, 1.54) is 25.7 Å². The number of nitrogens with zero attached hydrogens (tertiary/aromatic N) is 1. The van der Waals surface area contributed by atoms with Crippen LogP contribution < -0.4 is 0 Å². The lowest BCUT2D eigenvalue weighted by atomic mass is 9.81. The molecule has 2 unspecified atom stereocenters. The van der Waals surface area contributed by atoms with Gasteiger partial charge >= 0.3 is 0 Å². The highest BCUT2D eigenvalue weighted by Crippen LogP contribution is 2.56. The minimum absolute atomic E-state index is 0.240. The van der Waals surface area contributed by atoms with Crippen molar-refractivity contribution < 1.29 is 0 Å². The first-order chi connectivity index (χ1) is 6.14. The fraction of sp³-hybridized carbons (Fsp3) is 0.917. The van der Waals surface area contributed by atoms with Crippen molar-refractivity contribution in [2.75, 3.05) is 0 Å². The Morgan fingerprint density at radius 2 is 2.00 bits per heavy atom. The van der Waals surface area contributed by atoms with E-state index in [1.807, 2.05) is 6.92 Å². The Balaban J connectivity index is 2.39. The Morgan fingerprint density at radius 3 is 2.38 bits per heavy atom.